The van der Waals surface area contributed by atoms with E-state index in [-0.39, 0.29) is 46.3 Å². The molecule has 0 aromatic heterocycles. The van der Waals surface area contributed by atoms with E-state index in [0.717, 1.165) is 19.3 Å². The molecule has 32 heavy (non-hydrogen) atoms. The quantitative estimate of drug-likeness (QED) is 0.404. The molecule has 176 valence electrons. The Morgan fingerprint density at radius 1 is 0.781 bits per heavy atom. The molecule has 0 bridgehead atoms. The average Bonchev–Trinajstić information content (AvgIpc) is 2.75. The maximum atomic E-state index is 10.4. The number of methoxy groups -OCH3 is 2. The van der Waals surface area contributed by atoms with Crippen LogP contribution in [0.4, 0.5) is 0 Å². The van der Waals surface area contributed by atoms with E-state index in [1.807, 2.05) is 0 Å². The topological polar surface area (TPSA) is 174 Å². The number of aliphatic hydroxyl groups excluding tert-OH is 2. The van der Waals surface area contributed by atoms with Gasteiger partial charge in [0.1, 0.15) is 0 Å². The van der Waals surface area contributed by atoms with Crippen molar-refractivity contribution in [1.82, 2.24) is 0 Å². The minimum absolute atomic E-state index is 0.0671. The number of hydrogen-bond donors (Lipinski definition) is 6. The molecule has 10 nitrogen and oxygen atoms in total. The van der Waals surface area contributed by atoms with Crippen molar-refractivity contribution in [3.63, 3.8) is 0 Å². The number of carbonyl (C=O) groups is 2. The van der Waals surface area contributed by atoms with Crippen LogP contribution in [-0.4, -0.2) is 69.0 Å². The van der Waals surface area contributed by atoms with Crippen molar-refractivity contribution < 1.29 is 49.7 Å². The summed E-state index contributed by atoms with van der Waals surface area (Å²) >= 11 is 0. The highest BCUT2D eigenvalue weighted by molar-refractivity contribution is 5.88. The second kappa shape index (κ2) is 13.0. The summed E-state index contributed by atoms with van der Waals surface area (Å²) in [4.78, 5) is 20.9. The molecule has 1 aliphatic carbocycles. The van der Waals surface area contributed by atoms with Gasteiger partial charge in [-0.05, 0) is 62.1 Å². The molecule has 0 amide bonds. The van der Waals surface area contributed by atoms with Gasteiger partial charge in [0.25, 0.3) is 0 Å². The van der Waals surface area contributed by atoms with Crippen LogP contribution in [0, 0.1) is 0 Å². The third-order valence-corrected chi connectivity index (χ3v) is 4.47. The fraction of sp³-hybridized carbons (Fsp3) is 0.364. The largest absolute Gasteiger partial charge is 0.504 e. The highest BCUT2D eigenvalue weighted by atomic mass is 16.5. The Balaban J connectivity index is 0.000000245. The third kappa shape index (κ3) is 8.70. The summed E-state index contributed by atoms with van der Waals surface area (Å²) in [7, 11) is 2.72. The molecule has 1 aliphatic rings. The summed E-state index contributed by atoms with van der Waals surface area (Å²) in [6, 6.07) is 7.69. The van der Waals surface area contributed by atoms with Crippen molar-refractivity contribution in [3.05, 3.63) is 47.5 Å². The van der Waals surface area contributed by atoms with Crippen LogP contribution in [0.1, 0.15) is 46.4 Å². The van der Waals surface area contributed by atoms with Gasteiger partial charge in [-0.15, -0.1) is 0 Å². The Hall–Kier alpha value is -3.50. The lowest BCUT2D eigenvalue weighted by Gasteiger charge is -2.20. The van der Waals surface area contributed by atoms with Gasteiger partial charge in [0, 0.05) is 0 Å². The number of aromatic carboxylic acids is 2. The summed E-state index contributed by atoms with van der Waals surface area (Å²) in [5.41, 5.74) is 0.175. The van der Waals surface area contributed by atoms with Crippen LogP contribution in [0.25, 0.3) is 0 Å². The lowest BCUT2D eigenvalue weighted by Crippen LogP contribution is -2.22. The van der Waals surface area contributed by atoms with E-state index >= 15 is 0 Å². The number of phenolic OH excluding ortho intramolecular Hbond substituents is 2. The zero-order valence-corrected chi connectivity index (χ0v) is 17.8. The lowest BCUT2D eigenvalue weighted by atomic mass is 9.95. The van der Waals surface area contributed by atoms with Gasteiger partial charge in [-0.25, -0.2) is 9.59 Å². The van der Waals surface area contributed by atoms with Crippen LogP contribution in [0.2, 0.25) is 0 Å². The Kier molecular flexibility index (Phi) is 10.8. The number of ether oxygens (including phenoxy) is 2. The predicted molar refractivity (Wildman–Crippen MR) is 114 cm³/mol. The molecule has 6 N–H and O–H groups in total. The molecule has 10 heteroatoms. The molecule has 0 spiro atoms. The van der Waals surface area contributed by atoms with Crippen LogP contribution in [0.5, 0.6) is 23.0 Å². The minimum atomic E-state index is -1.05. The van der Waals surface area contributed by atoms with Gasteiger partial charge in [-0.1, -0.05) is 0 Å². The first-order valence-corrected chi connectivity index (χ1v) is 9.65. The first-order chi connectivity index (χ1) is 15.1. The molecule has 0 heterocycles. The van der Waals surface area contributed by atoms with Gasteiger partial charge < -0.3 is 40.1 Å². The Morgan fingerprint density at radius 2 is 1.16 bits per heavy atom. The van der Waals surface area contributed by atoms with Crippen molar-refractivity contribution in [2.45, 2.75) is 37.9 Å². The number of carboxylic acid groups (broad SMARTS) is 2. The van der Waals surface area contributed by atoms with Gasteiger partial charge >= 0.3 is 11.9 Å². The molecule has 0 unspecified atom stereocenters. The fourth-order valence-corrected chi connectivity index (χ4v) is 2.76. The second-order valence-corrected chi connectivity index (χ2v) is 6.86. The number of aliphatic hydroxyl groups is 2. The van der Waals surface area contributed by atoms with E-state index in [9.17, 15) is 9.59 Å². The number of hydrogen-bond acceptors (Lipinski definition) is 8. The van der Waals surface area contributed by atoms with Crippen LogP contribution in [0.3, 0.4) is 0 Å². The van der Waals surface area contributed by atoms with Crippen LogP contribution in [0.15, 0.2) is 36.4 Å². The normalized spacial score (nSPS) is 17.0. The molecule has 1 saturated carbocycles. The molecular weight excluding hydrogens is 424 g/mol. The summed E-state index contributed by atoms with van der Waals surface area (Å²) in [5, 5.41) is 53.2. The van der Waals surface area contributed by atoms with E-state index in [2.05, 4.69) is 0 Å². The maximum Gasteiger partial charge on any atom is 0.335 e. The van der Waals surface area contributed by atoms with Gasteiger partial charge in [0.2, 0.25) is 0 Å². The molecule has 0 saturated heterocycles. The molecule has 1 fully saturated rings. The zero-order valence-electron chi connectivity index (χ0n) is 17.8. The zero-order chi connectivity index (χ0) is 24.3. The average molecular weight is 452 g/mol. The molecular formula is C22H28O10. The summed E-state index contributed by atoms with van der Waals surface area (Å²) in [5.74, 6) is -1.91. The maximum absolute atomic E-state index is 10.4. The first-order valence-electron chi connectivity index (χ1n) is 9.65. The summed E-state index contributed by atoms with van der Waals surface area (Å²) < 4.78 is 9.44. The summed E-state index contributed by atoms with van der Waals surface area (Å²) in [6.07, 6.45) is 2.83. The standard InChI is InChI=1S/2C8H8O4.C6H12O2/c2*1-12-7-4-5(8(10)11)2-3-6(7)9;7-5-2-1-3-6(8)4-5/h2*2-4,9H,1H3,(H,10,11);5-8H,1-4H2/t;;5-,6-/m..0/s1. The van der Waals surface area contributed by atoms with E-state index < -0.39 is 11.9 Å². The van der Waals surface area contributed by atoms with Crippen molar-refractivity contribution >= 4 is 11.9 Å². The van der Waals surface area contributed by atoms with Crippen LogP contribution >= 0.6 is 0 Å². The Morgan fingerprint density at radius 3 is 1.41 bits per heavy atom. The van der Waals surface area contributed by atoms with Crippen molar-refractivity contribution in [1.29, 1.82) is 0 Å². The number of aromatic hydroxyl groups is 2. The van der Waals surface area contributed by atoms with Gasteiger partial charge in [0.05, 0.1) is 37.6 Å². The Labute approximate surface area is 184 Å². The number of carboxylic acids is 2. The highest BCUT2D eigenvalue weighted by Crippen LogP contribution is 2.26. The Bertz CT molecular complexity index is 825. The van der Waals surface area contributed by atoms with E-state index in [0.29, 0.717) is 6.42 Å². The van der Waals surface area contributed by atoms with Crippen molar-refractivity contribution in [3.8, 4) is 23.0 Å². The fourth-order valence-electron chi connectivity index (χ4n) is 2.76. The van der Waals surface area contributed by atoms with E-state index in [1.54, 1.807) is 0 Å². The first kappa shape index (κ1) is 26.5. The van der Waals surface area contributed by atoms with Gasteiger partial charge in [-0.3, -0.25) is 0 Å². The van der Waals surface area contributed by atoms with Gasteiger partial charge in [0.15, 0.2) is 23.0 Å². The summed E-state index contributed by atoms with van der Waals surface area (Å²) in [6.45, 7) is 0. The van der Waals surface area contributed by atoms with E-state index in [1.165, 1.54) is 50.6 Å². The number of phenols is 2. The van der Waals surface area contributed by atoms with E-state index in [4.69, 9.17) is 40.1 Å². The molecule has 0 aliphatic heterocycles. The smallest absolute Gasteiger partial charge is 0.335 e. The molecule has 2 aromatic carbocycles. The predicted octanol–water partition coefficient (Wildman–Crippen LogP) is 2.48. The monoisotopic (exact) mass is 452 g/mol. The van der Waals surface area contributed by atoms with Gasteiger partial charge in [-0.2, -0.15) is 0 Å². The number of benzene rings is 2. The second-order valence-electron chi connectivity index (χ2n) is 6.86. The SMILES string of the molecule is COc1cc(C(=O)O)ccc1O.COc1cc(C(=O)O)ccc1O.O[C@H]1CCC[C@H](O)C1. The highest BCUT2D eigenvalue weighted by Gasteiger charge is 2.16. The minimum Gasteiger partial charge on any atom is -0.504 e. The molecule has 3 rings (SSSR count). The van der Waals surface area contributed by atoms with Crippen molar-refractivity contribution in [2.75, 3.05) is 14.2 Å². The lowest BCUT2D eigenvalue weighted by molar-refractivity contribution is 0.0406. The number of rotatable bonds is 4. The molecule has 2 atom stereocenters. The van der Waals surface area contributed by atoms with Crippen LogP contribution in [-0.2, 0) is 0 Å². The molecule has 0 radical (unpaired) electrons. The third-order valence-electron chi connectivity index (χ3n) is 4.47. The van der Waals surface area contributed by atoms with Crippen molar-refractivity contribution in [2.24, 2.45) is 0 Å². The molecule has 2 aromatic rings. The van der Waals surface area contributed by atoms with Crippen LogP contribution < -0.4 is 9.47 Å².